The zero-order chi connectivity index (χ0) is 15.9. The molecule has 1 saturated carbocycles. The summed E-state index contributed by atoms with van der Waals surface area (Å²) in [6.45, 7) is 1.83. The van der Waals surface area contributed by atoms with Crippen molar-refractivity contribution in [1.29, 1.82) is 0 Å². The van der Waals surface area contributed by atoms with Gasteiger partial charge in [0.15, 0.2) is 0 Å². The van der Waals surface area contributed by atoms with Crippen LogP contribution in [0, 0.1) is 30.6 Å². The van der Waals surface area contributed by atoms with Crippen LogP contribution in [0.15, 0.2) is 30.4 Å². The van der Waals surface area contributed by atoms with E-state index in [1.165, 1.54) is 0 Å². The number of carbonyl (C=O) groups excluding carboxylic acids is 1. The van der Waals surface area contributed by atoms with Crippen molar-refractivity contribution in [1.82, 2.24) is 0 Å². The monoisotopic (exact) mass is 319 g/mol. The van der Waals surface area contributed by atoms with Gasteiger partial charge in [-0.2, -0.15) is 0 Å². The quantitative estimate of drug-likeness (QED) is 0.838. The van der Waals surface area contributed by atoms with Crippen LogP contribution in [0.25, 0.3) is 0 Å². The number of carboxylic acids is 1. The molecule has 5 heteroatoms. The van der Waals surface area contributed by atoms with Gasteiger partial charge < -0.3 is 10.4 Å². The first kappa shape index (κ1) is 15.1. The fraction of sp³-hybridized carbons (Fsp3) is 0.412. The van der Waals surface area contributed by atoms with Gasteiger partial charge in [-0.15, -0.1) is 0 Å². The second-order valence-corrected chi connectivity index (χ2v) is 6.49. The van der Waals surface area contributed by atoms with Gasteiger partial charge in [0, 0.05) is 10.7 Å². The molecule has 2 bridgehead atoms. The summed E-state index contributed by atoms with van der Waals surface area (Å²) >= 11 is 6.07. The Balaban J connectivity index is 1.86. The van der Waals surface area contributed by atoms with Gasteiger partial charge in [-0.25, -0.2) is 0 Å². The largest absolute Gasteiger partial charge is 0.481 e. The first-order chi connectivity index (χ1) is 10.5. The van der Waals surface area contributed by atoms with Gasteiger partial charge >= 0.3 is 5.97 Å². The number of rotatable bonds is 3. The predicted octanol–water partition coefficient (Wildman–Crippen LogP) is 3.50. The molecule has 4 nitrogen and oxygen atoms in total. The molecule has 0 heterocycles. The Morgan fingerprint density at radius 1 is 1.18 bits per heavy atom. The zero-order valence-corrected chi connectivity index (χ0v) is 13.0. The molecule has 0 aromatic heterocycles. The van der Waals surface area contributed by atoms with Crippen LogP contribution < -0.4 is 5.32 Å². The van der Waals surface area contributed by atoms with Crippen LogP contribution in [-0.2, 0) is 9.59 Å². The van der Waals surface area contributed by atoms with Crippen LogP contribution in [0.3, 0.4) is 0 Å². The molecule has 0 spiro atoms. The number of carbonyl (C=O) groups is 2. The van der Waals surface area contributed by atoms with Crippen molar-refractivity contribution in [2.24, 2.45) is 23.7 Å². The topological polar surface area (TPSA) is 66.4 Å². The van der Waals surface area contributed by atoms with Crippen molar-refractivity contribution in [2.45, 2.75) is 19.8 Å². The normalized spacial score (nSPS) is 29.4. The number of nitrogens with one attached hydrogen (secondary N) is 1. The lowest BCUT2D eigenvalue weighted by Crippen LogP contribution is -2.47. The van der Waals surface area contributed by atoms with Crippen molar-refractivity contribution < 1.29 is 14.7 Å². The molecule has 0 saturated heterocycles. The van der Waals surface area contributed by atoms with Crippen LogP contribution in [0.4, 0.5) is 5.69 Å². The molecule has 4 unspecified atom stereocenters. The summed E-state index contributed by atoms with van der Waals surface area (Å²) in [6.07, 6.45) is 5.68. The molecule has 1 aromatic rings. The van der Waals surface area contributed by atoms with E-state index in [0.717, 1.165) is 18.4 Å². The van der Waals surface area contributed by atoms with Gasteiger partial charge in [-0.1, -0.05) is 29.8 Å². The Kier molecular flexibility index (Phi) is 3.96. The molecule has 116 valence electrons. The molecule has 2 N–H and O–H groups in total. The van der Waals surface area contributed by atoms with E-state index in [1.54, 1.807) is 18.2 Å². The molecular formula is C17H18ClNO3. The smallest absolute Gasteiger partial charge is 0.307 e. The summed E-state index contributed by atoms with van der Waals surface area (Å²) < 4.78 is 0. The van der Waals surface area contributed by atoms with E-state index in [-0.39, 0.29) is 17.7 Å². The third kappa shape index (κ3) is 2.52. The number of hydrogen-bond acceptors (Lipinski definition) is 2. The van der Waals surface area contributed by atoms with E-state index in [0.29, 0.717) is 10.7 Å². The van der Waals surface area contributed by atoms with Gasteiger partial charge in [0.25, 0.3) is 0 Å². The molecule has 22 heavy (non-hydrogen) atoms. The predicted molar refractivity (Wildman–Crippen MR) is 84.8 cm³/mol. The average molecular weight is 320 g/mol. The van der Waals surface area contributed by atoms with Crippen LogP contribution >= 0.6 is 11.6 Å². The van der Waals surface area contributed by atoms with Gasteiger partial charge in [0.1, 0.15) is 0 Å². The SMILES string of the molecule is Cc1c(Cl)cccc1NC(=O)C1C2C=CC(CC2)C1C(=O)O. The highest BCUT2D eigenvalue weighted by Crippen LogP contribution is 2.45. The van der Waals surface area contributed by atoms with Gasteiger partial charge in [0.05, 0.1) is 11.8 Å². The molecule has 0 aliphatic heterocycles. The zero-order valence-electron chi connectivity index (χ0n) is 12.3. The lowest BCUT2D eigenvalue weighted by Gasteiger charge is -2.41. The van der Waals surface area contributed by atoms with E-state index in [4.69, 9.17) is 11.6 Å². The lowest BCUT2D eigenvalue weighted by atomic mass is 9.62. The van der Waals surface area contributed by atoms with Crippen LogP contribution in [0.1, 0.15) is 18.4 Å². The van der Waals surface area contributed by atoms with E-state index in [2.05, 4.69) is 5.32 Å². The van der Waals surface area contributed by atoms with Crippen molar-refractivity contribution in [3.63, 3.8) is 0 Å². The number of carboxylic acid groups (broad SMARTS) is 1. The van der Waals surface area contributed by atoms with Crippen molar-refractivity contribution in [3.8, 4) is 0 Å². The van der Waals surface area contributed by atoms with Crippen LogP contribution in [0.2, 0.25) is 5.02 Å². The second kappa shape index (κ2) is 5.76. The number of allylic oxidation sites excluding steroid dienone is 2. The van der Waals surface area contributed by atoms with E-state index >= 15 is 0 Å². The highest BCUT2D eigenvalue weighted by molar-refractivity contribution is 6.31. The number of aliphatic carboxylic acids is 1. The minimum atomic E-state index is -0.887. The Morgan fingerprint density at radius 2 is 1.82 bits per heavy atom. The summed E-state index contributed by atoms with van der Waals surface area (Å²) in [5.41, 5.74) is 1.44. The maximum atomic E-state index is 12.7. The summed E-state index contributed by atoms with van der Waals surface area (Å²) in [5.74, 6) is -2.30. The molecule has 1 aromatic carbocycles. The Labute approximate surface area is 134 Å². The molecule has 3 aliphatic rings. The summed E-state index contributed by atoms with van der Waals surface area (Å²) in [6, 6.07) is 5.32. The van der Waals surface area contributed by atoms with Gasteiger partial charge in [-0.05, 0) is 49.3 Å². The van der Waals surface area contributed by atoms with Crippen molar-refractivity contribution in [2.75, 3.05) is 5.32 Å². The molecule has 4 rings (SSSR count). The minimum Gasteiger partial charge on any atom is -0.481 e. The van der Waals surface area contributed by atoms with Crippen molar-refractivity contribution >= 4 is 29.2 Å². The number of hydrogen-bond donors (Lipinski definition) is 2. The summed E-state index contributed by atoms with van der Waals surface area (Å²) in [7, 11) is 0. The molecule has 1 fully saturated rings. The number of amides is 1. The van der Waals surface area contributed by atoms with E-state index in [1.807, 2.05) is 19.1 Å². The number of anilines is 1. The van der Waals surface area contributed by atoms with E-state index in [9.17, 15) is 14.7 Å². The summed E-state index contributed by atoms with van der Waals surface area (Å²) in [4.78, 5) is 24.3. The Bertz CT molecular complexity index is 655. The summed E-state index contributed by atoms with van der Waals surface area (Å²) in [5, 5.41) is 13.0. The first-order valence-corrected chi connectivity index (χ1v) is 7.84. The molecule has 0 radical (unpaired) electrons. The number of halogens is 1. The third-order valence-corrected chi connectivity index (χ3v) is 5.27. The molecular weight excluding hydrogens is 302 g/mol. The van der Waals surface area contributed by atoms with Crippen molar-refractivity contribution in [3.05, 3.63) is 40.9 Å². The first-order valence-electron chi connectivity index (χ1n) is 7.46. The highest BCUT2D eigenvalue weighted by Gasteiger charge is 2.48. The average Bonchev–Trinajstić information content (AvgIpc) is 2.51. The molecule has 3 aliphatic carbocycles. The molecule has 1 amide bonds. The fourth-order valence-electron chi connectivity index (χ4n) is 3.65. The fourth-order valence-corrected chi connectivity index (χ4v) is 3.82. The molecule has 4 atom stereocenters. The van der Waals surface area contributed by atoms with E-state index < -0.39 is 17.8 Å². The number of benzene rings is 1. The van der Waals surface area contributed by atoms with Gasteiger partial charge in [-0.3, -0.25) is 9.59 Å². The lowest BCUT2D eigenvalue weighted by molar-refractivity contribution is -0.151. The Morgan fingerprint density at radius 3 is 2.41 bits per heavy atom. The highest BCUT2D eigenvalue weighted by atomic mass is 35.5. The maximum absolute atomic E-state index is 12.7. The number of fused-ring (bicyclic) bond motifs is 2. The minimum absolute atomic E-state index is 0.00518. The standard InChI is InChI=1S/C17H18ClNO3/c1-9-12(18)3-2-4-13(9)19-16(20)14-10-5-7-11(8-6-10)15(14)17(21)22/h2-5,7,10-11,14-15H,6,8H2,1H3,(H,19,20)(H,21,22). The van der Waals surface area contributed by atoms with Crippen LogP contribution in [0.5, 0.6) is 0 Å². The second-order valence-electron chi connectivity index (χ2n) is 6.08. The third-order valence-electron chi connectivity index (χ3n) is 4.86. The maximum Gasteiger partial charge on any atom is 0.307 e. The van der Waals surface area contributed by atoms with Gasteiger partial charge in [0.2, 0.25) is 5.91 Å². The van der Waals surface area contributed by atoms with Crippen LogP contribution in [-0.4, -0.2) is 17.0 Å². The Hall–Kier alpha value is -1.81.